The predicted octanol–water partition coefficient (Wildman–Crippen LogP) is 2.82. The number of ether oxygens (including phenoxy) is 2. The Balaban J connectivity index is 4.04. The molecule has 0 fully saturated rings. The zero-order valence-electron chi connectivity index (χ0n) is 13.3. The molecule has 0 spiro atoms. The number of carbonyl (C=O) groups excluding carboxylic acids is 3. The van der Waals surface area contributed by atoms with Crippen molar-refractivity contribution in [2.75, 3.05) is 13.2 Å². The Morgan fingerprint density at radius 2 is 1.81 bits per heavy atom. The Morgan fingerprint density at radius 1 is 1.14 bits per heavy atom. The van der Waals surface area contributed by atoms with Crippen LogP contribution in [0, 0.1) is 5.92 Å². The zero-order valence-corrected chi connectivity index (χ0v) is 13.3. The molecule has 1 atom stereocenters. The van der Waals surface area contributed by atoms with E-state index in [1.807, 2.05) is 0 Å². The average molecular weight is 298 g/mol. The van der Waals surface area contributed by atoms with Gasteiger partial charge in [-0.05, 0) is 19.3 Å². The second-order valence-electron chi connectivity index (χ2n) is 5.16. The second-order valence-corrected chi connectivity index (χ2v) is 5.16. The van der Waals surface area contributed by atoms with E-state index in [0.717, 1.165) is 25.7 Å². The van der Waals surface area contributed by atoms with Gasteiger partial charge in [-0.1, -0.05) is 39.7 Å². The summed E-state index contributed by atoms with van der Waals surface area (Å²) in [6.45, 7) is 9.04. The minimum absolute atomic E-state index is 0.00265. The van der Waals surface area contributed by atoms with Gasteiger partial charge in [-0.3, -0.25) is 9.59 Å². The Labute approximate surface area is 126 Å². The normalized spacial score (nSPS) is 11.6. The summed E-state index contributed by atoms with van der Waals surface area (Å²) in [5.74, 6) is -1.14. The van der Waals surface area contributed by atoms with Crippen LogP contribution in [0.1, 0.15) is 52.9 Å². The topological polar surface area (TPSA) is 69.7 Å². The lowest BCUT2D eigenvalue weighted by Gasteiger charge is -2.14. The molecular weight excluding hydrogens is 272 g/mol. The van der Waals surface area contributed by atoms with Crippen molar-refractivity contribution in [3.05, 3.63) is 12.2 Å². The second kappa shape index (κ2) is 11.1. The zero-order chi connectivity index (χ0) is 16.3. The average Bonchev–Trinajstić information content (AvgIpc) is 2.44. The fraction of sp³-hybridized carbons (Fsp3) is 0.688. The quantitative estimate of drug-likeness (QED) is 0.433. The first kappa shape index (κ1) is 19.4. The van der Waals surface area contributed by atoms with Crippen LogP contribution in [-0.4, -0.2) is 30.9 Å². The highest BCUT2D eigenvalue weighted by Crippen LogP contribution is 2.13. The Bertz CT molecular complexity index is 373. The number of Topliss-reactive ketones (excluding diaryl/α,β-unsaturated/α-hetero) is 1. The van der Waals surface area contributed by atoms with Crippen molar-refractivity contribution in [3.8, 4) is 0 Å². The van der Waals surface area contributed by atoms with Gasteiger partial charge in [0.05, 0.1) is 13.0 Å². The molecule has 0 aromatic carbocycles. The number of ketones is 1. The summed E-state index contributed by atoms with van der Waals surface area (Å²) in [7, 11) is 0. The molecule has 0 aromatic heterocycles. The van der Waals surface area contributed by atoms with E-state index >= 15 is 0 Å². The molecule has 5 nitrogen and oxygen atoms in total. The monoisotopic (exact) mass is 298 g/mol. The van der Waals surface area contributed by atoms with E-state index in [4.69, 9.17) is 4.74 Å². The van der Waals surface area contributed by atoms with Crippen LogP contribution in [0.4, 0.5) is 0 Å². The van der Waals surface area contributed by atoms with Gasteiger partial charge in [-0.2, -0.15) is 0 Å². The molecule has 0 aromatic rings. The van der Waals surface area contributed by atoms with Gasteiger partial charge in [0.1, 0.15) is 6.61 Å². The highest BCUT2D eigenvalue weighted by atomic mass is 16.5. The van der Waals surface area contributed by atoms with Crippen molar-refractivity contribution >= 4 is 17.7 Å². The van der Waals surface area contributed by atoms with E-state index in [1.54, 1.807) is 0 Å². The highest BCUT2D eigenvalue weighted by molar-refractivity contribution is 5.94. The first-order valence-electron chi connectivity index (χ1n) is 7.40. The number of rotatable bonds is 11. The molecule has 1 unspecified atom stereocenters. The van der Waals surface area contributed by atoms with Gasteiger partial charge in [-0.15, -0.1) is 0 Å². The molecular formula is C16H26O5. The summed E-state index contributed by atoms with van der Waals surface area (Å²) >= 11 is 0. The Morgan fingerprint density at radius 3 is 2.33 bits per heavy atom. The maximum Gasteiger partial charge on any atom is 0.334 e. The summed E-state index contributed by atoms with van der Waals surface area (Å²) in [5.41, 5.74) is 0.00265. The maximum absolute atomic E-state index is 11.6. The van der Waals surface area contributed by atoms with Gasteiger partial charge < -0.3 is 9.47 Å². The van der Waals surface area contributed by atoms with Crippen LogP contribution >= 0.6 is 0 Å². The van der Waals surface area contributed by atoms with Crippen molar-refractivity contribution in [2.45, 2.75) is 52.9 Å². The third kappa shape index (κ3) is 9.82. The number of esters is 2. The molecule has 0 saturated carbocycles. The fourth-order valence-electron chi connectivity index (χ4n) is 1.68. The van der Waals surface area contributed by atoms with Gasteiger partial charge in [0, 0.05) is 5.57 Å². The molecule has 0 heterocycles. The van der Waals surface area contributed by atoms with Gasteiger partial charge in [0.25, 0.3) is 0 Å². The largest absolute Gasteiger partial charge is 0.465 e. The van der Waals surface area contributed by atoms with E-state index in [1.165, 1.54) is 6.92 Å². The van der Waals surface area contributed by atoms with E-state index in [-0.39, 0.29) is 24.4 Å². The van der Waals surface area contributed by atoms with Gasteiger partial charge in [0.2, 0.25) is 0 Å². The van der Waals surface area contributed by atoms with Crippen LogP contribution < -0.4 is 0 Å². The molecule has 21 heavy (non-hydrogen) atoms. The minimum atomic E-state index is -0.736. The number of hydrogen-bond acceptors (Lipinski definition) is 5. The van der Waals surface area contributed by atoms with Crippen molar-refractivity contribution in [2.24, 2.45) is 5.92 Å². The smallest absolute Gasteiger partial charge is 0.334 e. The molecule has 120 valence electrons. The van der Waals surface area contributed by atoms with Gasteiger partial charge in [0.15, 0.2) is 5.78 Å². The highest BCUT2D eigenvalue weighted by Gasteiger charge is 2.16. The van der Waals surface area contributed by atoms with Crippen molar-refractivity contribution in [3.63, 3.8) is 0 Å². The molecule has 0 aliphatic rings. The lowest BCUT2D eigenvalue weighted by Crippen LogP contribution is -2.18. The van der Waals surface area contributed by atoms with Crippen LogP contribution in [0.25, 0.3) is 0 Å². The molecule has 0 rings (SSSR count). The molecule has 0 bridgehead atoms. The van der Waals surface area contributed by atoms with Gasteiger partial charge >= 0.3 is 11.9 Å². The van der Waals surface area contributed by atoms with Crippen LogP contribution in [0.2, 0.25) is 0 Å². The molecule has 0 saturated heterocycles. The van der Waals surface area contributed by atoms with E-state index in [0.29, 0.717) is 12.5 Å². The van der Waals surface area contributed by atoms with E-state index in [9.17, 15) is 14.4 Å². The lowest BCUT2D eigenvalue weighted by molar-refractivity contribution is -0.148. The number of unbranched alkanes of at least 4 members (excludes halogenated alkanes) is 1. The SMILES string of the molecule is C=C(CC(=O)OCC(CC)CCCC)C(=O)OCC(C)=O. The van der Waals surface area contributed by atoms with Crippen LogP contribution in [0.15, 0.2) is 12.2 Å². The molecule has 0 aliphatic heterocycles. The first-order valence-corrected chi connectivity index (χ1v) is 7.40. The predicted molar refractivity (Wildman–Crippen MR) is 79.7 cm³/mol. The summed E-state index contributed by atoms with van der Waals surface area (Å²) < 4.78 is 9.83. The maximum atomic E-state index is 11.6. The summed E-state index contributed by atoms with van der Waals surface area (Å²) in [6.07, 6.45) is 4.00. The van der Waals surface area contributed by atoms with Crippen LogP contribution in [-0.2, 0) is 23.9 Å². The summed E-state index contributed by atoms with van der Waals surface area (Å²) in [4.78, 5) is 33.8. The lowest BCUT2D eigenvalue weighted by atomic mass is 10.0. The van der Waals surface area contributed by atoms with Crippen molar-refractivity contribution in [1.29, 1.82) is 0 Å². The van der Waals surface area contributed by atoms with E-state index in [2.05, 4.69) is 25.2 Å². The van der Waals surface area contributed by atoms with E-state index < -0.39 is 11.9 Å². The summed E-state index contributed by atoms with van der Waals surface area (Å²) in [6, 6.07) is 0. The Kier molecular flexibility index (Phi) is 10.2. The van der Waals surface area contributed by atoms with Crippen molar-refractivity contribution in [1.82, 2.24) is 0 Å². The molecule has 0 radical (unpaired) electrons. The standard InChI is InChI=1S/C16H26O5/c1-5-7-8-14(6-2)11-20-15(18)9-12(3)16(19)21-10-13(4)17/h14H,3,5-11H2,1-2,4H3. The van der Waals surface area contributed by atoms with Crippen LogP contribution in [0.3, 0.4) is 0 Å². The summed E-state index contributed by atoms with van der Waals surface area (Å²) in [5, 5.41) is 0. The third-order valence-electron chi connectivity index (χ3n) is 3.08. The molecule has 0 aliphatic carbocycles. The Hall–Kier alpha value is -1.65. The number of carbonyl (C=O) groups is 3. The number of hydrogen-bond donors (Lipinski definition) is 0. The fourth-order valence-corrected chi connectivity index (χ4v) is 1.68. The molecule has 0 N–H and O–H groups in total. The molecule has 0 amide bonds. The third-order valence-corrected chi connectivity index (χ3v) is 3.08. The first-order chi connectivity index (χ1) is 9.90. The van der Waals surface area contributed by atoms with Gasteiger partial charge in [-0.25, -0.2) is 4.79 Å². The molecule has 5 heteroatoms. The van der Waals surface area contributed by atoms with Crippen molar-refractivity contribution < 1.29 is 23.9 Å². The van der Waals surface area contributed by atoms with Crippen LogP contribution in [0.5, 0.6) is 0 Å². The minimum Gasteiger partial charge on any atom is -0.465 e.